The van der Waals surface area contributed by atoms with Crippen LogP contribution in [0.2, 0.25) is 0 Å². The number of nitrogens with zero attached hydrogens (tertiary/aromatic N) is 1. The first kappa shape index (κ1) is 12.7. The van der Waals surface area contributed by atoms with Crippen molar-refractivity contribution in [1.29, 1.82) is 0 Å². The molecule has 0 aliphatic rings. The summed E-state index contributed by atoms with van der Waals surface area (Å²) in [6.45, 7) is 7.35. The Hall–Kier alpha value is -1.36. The normalized spacial score (nSPS) is 12.8. The van der Waals surface area contributed by atoms with Crippen molar-refractivity contribution in [2.75, 3.05) is 18.5 Å². The highest BCUT2D eigenvalue weighted by Crippen LogP contribution is 2.07. The Kier molecular flexibility index (Phi) is 4.98. The summed E-state index contributed by atoms with van der Waals surface area (Å²) in [6.07, 6.45) is 3.07. The van der Waals surface area contributed by atoms with Gasteiger partial charge < -0.3 is 15.0 Å². The molecule has 1 unspecified atom stereocenters. The Morgan fingerprint density at radius 1 is 1.56 bits per heavy atom. The molecular weight excluding hydrogens is 206 g/mol. The van der Waals surface area contributed by atoms with Crippen molar-refractivity contribution in [3.8, 4) is 0 Å². The van der Waals surface area contributed by atoms with Gasteiger partial charge in [-0.2, -0.15) is 0 Å². The molecule has 1 rings (SSSR count). The number of hydrogen-bond donors (Lipinski definition) is 2. The molecule has 1 atom stereocenters. The zero-order valence-corrected chi connectivity index (χ0v) is 9.99. The number of hydrogen-bond acceptors (Lipinski definition) is 4. The minimum atomic E-state index is -0.204. The molecule has 0 spiro atoms. The molecule has 0 saturated carbocycles. The van der Waals surface area contributed by atoms with Gasteiger partial charge >= 0.3 is 0 Å². The zero-order valence-electron chi connectivity index (χ0n) is 9.99. The van der Waals surface area contributed by atoms with E-state index in [0.29, 0.717) is 24.9 Å². The van der Waals surface area contributed by atoms with Crippen LogP contribution in [0, 0.1) is 5.92 Å². The molecule has 1 heterocycles. The molecule has 0 radical (unpaired) electrons. The summed E-state index contributed by atoms with van der Waals surface area (Å²) in [5.41, 5.74) is -0.204. The lowest BCUT2D eigenvalue weighted by atomic mass is 10.1. The molecule has 1 aromatic heterocycles. The van der Waals surface area contributed by atoms with Crippen LogP contribution in [-0.2, 0) is 4.74 Å². The third-order valence-corrected chi connectivity index (χ3v) is 2.34. The van der Waals surface area contributed by atoms with Crippen LogP contribution in [0.3, 0.4) is 0 Å². The Morgan fingerprint density at radius 2 is 2.31 bits per heavy atom. The topological polar surface area (TPSA) is 67.0 Å². The molecule has 0 fully saturated rings. The second-order valence-electron chi connectivity index (χ2n) is 3.92. The fraction of sp³-hybridized carbons (Fsp3) is 0.636. The van der Waals surface area contributed by atoms with E-state index in [1.54, 1.807) is 6.20 Å². The molecule has 0 aliphatic heterocycles. The maximum atomic E-state index is 11.4. The average Bonchev–Trinajstić information content (AvgIpc) is 2.26. The van der Waals surface area contributed by atoms with Crippen molar-refractivity contribution >= 4 is 5.82 Å². The lowest BCUT2D eigenvalue weighted by Gasteiger charge is -2.21. The van der Waals surface area contributed by atoms with Crippen LogP contribution in [0.4, 0.5) is 5.82 Å². The fourth-order valence-electron chi connectivity index (χ4n) is 1.28. The smallest absolute Gasteiger partial charge is 0.290 e. The van der Waals surface area contributed by atoms with Gasteiger partial charge in [0.25, 0.3) is 5.56 Å². The molecule has 90 valence electrons. The summed E-state index contributed by atoms with van der Waals surface area (Å²) < 4.78 is 5.37. The number of anilines is 1. The Morgan fingerprint density at radius 3 is 2.88 bits per heavy atom. The summed E-state index contributed by atoms with van der Waals surface area (Å²) in [5, 5.41) is 3.10. The van der Waals surface area contributed by atoms with Gasteiger partial charge in [0.2, 0.25) is 0 Å². The fourth-order valence-corrected chi connectivity index (χ4v) is 1.28. The highest BCUT2D eigenvalue weighted by molar-refractivity contribution is 5.31. The van der Waals surface area contributed by atoms with Crippen molar-refractivity contribution in [1.82, 2.24) is 9.97 Å². The van der Waals surface area contributed by atoms with E-state index in [0.717, 1.165) is 0 Å². The Labute approximate surface area is 95.3 Å². The van der Waals surface area contributed by atoms with Gasteiger partial charge in [-0.1, -0.05) is 13.8 Å². The van der Waals surface area contributed by atoms with E-state index in [1.807, 2.05) is 6.92 Å². The first-order valence-corrected chi connectivity index (χ1v) is 5.53. The quantitative estimate of drug-likeness (QED) is 0.764. The van der Waals surface area contributed by atoms with Crippen LogP contribution in [0.5, 0.6) is 0 Å². The van der Waals surface area contributed by atoms with Crippen molar-refractivity contribution in [3.63, 3.8) is 0 Å². The number of H-pyrrole nitrogens is 1. The number of aromatic nitrogens is 2. The third-order valence-electron chi connectivity index (χ3n) is 2.34. The average molecular weight is 225 g/mol. The van der Waals surface area contributed by atoms with E-state index in [1.165, 1.54) is 6.20 Å². The van der Waals surface area contributed by atoms with E-state index >= 15 is 0 Å². The molecule has 0 bridgehead atoms. The summed E-state index contributed by atoms with van der Waals surface area (Å²) in [5.74, 6) is 0.717. The number of nitrogens with one attached hydrogen (secondary N) is 2. The molecule has 2 N–H and O–H groups in total. The zero-order chi connectivity index (χ0) is 12.0. The summed E-state index contributed by atoms with van der Waals surface area (Å²) in [4.78, 5) is 18.0. The third kappa shape index (κ3) is 3.66. The summed E-state index contributed by atoms with van der Waals surface area (Å²) in [7, 11) is 0. The minimum Gasteiger partial charge on any atom is -0.380 e. The van der Waals surface area contributed by atoms with Crippen LogP contribution in [0.25, 0.3) is 0 Å². The predicted molar refractivity (Wildman–Crippen MR) is 63.6 cm³/mol. The van der Waals surface area contributed by atoms with Gasteiger partial charge in [-0.05, 0) is 12.8 Å². The molecule has 16 heavy (non-hydrogen) atoms. The van der Waals surface area contributed by atoms with Crippen molar-refractivity contribution in [2.24, 2.45) is 5.92 Å². The molecule has 5 heteroatoms. The van der Waals surface area contributed by atoms with Gasteiger partial charge in [-0.25, -0.2) is 4.98 Å². The van der Waals surface area contributed by atoms with E-state index < -0.39 is 0 Å². The van der Waals surface area contributed by atoms with Gasteiger partial charge in [0.1, 0.15) is 0 Å². The van der Waals surface area contributed by atoms with Crippen LogP contribution in [0.15, 0.2) is 17.2 Å². The van der Waals surface area contributed by atoms with E-state index in [4.69, 9.17) is 4.74 Å². The van der Waals surface area contributed by atoms with Gasteiger partial charge in [-0.15, -0.1) is 0 Å². The van der Waals surface area contributed by atoms with Gasteiger partial charge in [0.05, 0.1) is 12.6 Å². The van der Waals surface area contributed by atoms with Crippen molar-refractivity contribution in [3.05, 3.63) is 22.7 Å². The van der Waals surface area contributed by atoms with Gasteiger partial charge in [0, 0.05) is 19.0 Å². The van der Waals surface area contributed by atoms with Crippen molar-refractivity contribution in [2.45, 2.75) is 26.8 Å². The highest BCUT2D eigenvalue weighted by Gasteiger charge is 2.15. The van der Waals surface area contributed by atoms with E-state index in [2.05, 4.69) is 29.1 Å². The molecule has 0 saturated heterocycles. The summed E-state index contributed by atoms with van der Waals surface area (Å²) >= 11 is 0. The standard InChI is InChI=1S/C11H19N3O2/c1-4-16-7-9(8(2)3)14-10-11(15)13-6-5-12-10/h5-6,8-9H,4,7H2,1-3H3,(H,12,14)(H,13,15). The highest BCUT2D eigenvalue weighted by atomic mass is 16.5. The molecule has 0 aliphatic carbocycles. The second kappa shape index (κ2) is 6.27. The SMILES string of the molecule is CCOCC(Nc1ncc[nH]c1=O)C(C)C. The van der Waals surface area contributed by atoms with Crippen LogP contribution < -0.4 is 10.9 Å². The van der Waals surface area contributed by atoms with Crippen LogP contribution >= 0.6 is 0 Å². The maximum Gasteiger partial charge on any atom is 0.290 e. The van der Waals surface area contributed by atoms with E-state index in [9.17, 15) is 4.79 Å². The monoisotopic (exact) mass is 225 g/mol. The molecule has 0 aromatic carbocycles. The van der Waals surface area contributed by atoms with Gasteiger partial charge in [0.15, 0.2) is 5.82 Å². The number of rotatable bonds is 6. The first-order valence-electron chi connectivity index (χ1n) is 5.53. The van der Waals surface area contributed by atoms with Crippen LogP contribution in [-0.4, -0.2) is 29.2 Å². The Bertz CT molecular complexity index is 362. The van der Waals surface area contributed by atoms with Gasteiger partial charge in [-0.3, -0.25) is 4.79 Å². The minimum absolute atomic E-state index is 0.0935. The van der Waals surface area contributed by atoms with Crippen LogP contribution in [0.1, 0.15) is 20.8 Å². The second-order valence-corrected chi connectivity index (χ2v) is 3.92. The maximum absolute atomic E-state index is 11.4. The first-order chi connectivity index (χ1) is 7.65. The Balaban J connectivity index is 2.68. The molecular formula is C11H19N3O2. The van der Waals surface area contributed by atoms with E-state index in [-0.39, 0.29) is 11.6 Å². The number of aromatic amines is 1. The largest absolute Gasteiger partial charge is 0.380 e. The lowest BCUT2D eigenvalue weighted by molar-refractivity contribution is 0.126. The summed E-state index contributed by atoms with van der Waals surface area (Å²) in [6, 6.07) is 0.0935. The van der Waals surface area contributed by atoms with Crippen molar-refractivity contribution < 1.29 is 4.74 Å². The lowest BCUT2D eigenvalue weighted by Crippen LogP contribution is -2.33. The molecule has 5 nitrogen and oxygen atoms in total. The molecule has 1 aromatic rings. The molecule has 0 amide bonds. The predicted octanol–water partition coefficient (Wildman–Crippen LogP) is 1.24. The number of ether oxygens (including phenoxy) is 1.